The Hall–Kier alpha value is -1.03. The Balaban J connectivity index is 1.99. The van der Waals surface area contributed by atoms with Gasteiger partial charge in [0, 0.05) is 18.0 Å². The van der Waals surface area contributed by atoms with Gasteiger partial charge in [0.15, 0.2) is 0 Å². The van der Waals surface area contributed by atoms with Crippen LogP contribution >= 0.6 is 11.6 Å². The highest BCUT2D eigenvalue weighted by molar-refractivity contribution is 6.20. The lowest BCUT2D eigenvalue weighted by Gasteiger charge is -2.25. The summed E-state index contributed by atoms with van der Waals surface area (Å²) in [5, 5.41) is 7.65. The lowest BCUT2D eigenvalue weighted by atomic mass is 9.95. The summed E-state index contributed by atoms with van der Waals surface area (Å²) in [6.07, 6.45) is 3.91. The Morgan fingerprint density at radius 3 is 2.78 bits per heavy atom. The summed E-state index contributed by atoms with van der Waals surface area (Å²) >= 11 is 6.06. The molecular formula is C13H20ClN3O. The van der Waals surface area contributed by atoms with Gasteiger partial charge in [-0.15, -0.1) is 11.6 Å². The first kappa shape index (κ1) is 13.4. The van der Waals surface area contributed by atoms with Crippen molar-refractivity contribution in [1.29, 1.82) is 0 Å². The van der Waals surface area contributed by atoms with E-state index in [1.54, 1.807) is 4.68 Å². The molecule has 1 aliphatic carbocycles. The van der Waals surface area contributed by atoms with Crippen molar-refractivity contribution in [3.8, 4) is 0 Å². The Kier molecular flexibility index (Phi) is 4.27. The van der Waals surface area contributed by atoms with Crippen molar-refractivity contribution in [3.63, 3.8) is 0 Å². The molecule has 1 fully saturated rings. The van der Waals surface area contributed by atoms with Gasteiger partial charge >= 0.3 is 0 Å². The molecule has 100 valence electrons. The van der Waals surface area contributed by atoms with Crippen LogP contribution in [0.1, 0.15) is 48.8 Å². The zero-order chi connectivity index (χ0) is 13.1. The van der Waals surface area contributed by atoms with E-state index in [0.29, 0.717) is 12.2 Å². The summed E-state index contributed by atoms with van der Waals surface area (Å²) in [6.45, 7) is 4.61. The number of aryl methyl sites for hydroxylation is 2. The number of alkyl halides is 1. The van der Waals surface area contributed by atoms with Gasteiger partial charge in [-0.2, -0.15) is 5.10 Å². The number of carbonyl (C=O) groups excluding carboxylic acids is 1. The van der Waals surface area contributed by atoms with Crippen LogP contribution in [-0.2, 0) is 6.54 Å². The first-order valence-corrected chi connectivity index (χ1v) is 7.03. The normalized spacial score (nSPS) is 23.9. The molecule has 0 atom stereocenters. The smallest absolute Gasteiger partial charge is 0.269 e. The van der Waals surface area contributed by atoms with Crippen molar-refractivity contribution in [3.05, 3.63) is 17.5 Å². The minimum absolute atomic E-state index is 0.0181. The van der Waals surface area contributed by atoms with Crippen LogP contribution in [0.3, 0.4) is 0 Å². The van der Waals surface area contributed by atoms with E-state index < -0.39 is 0 Å². The number of halogens is 1. The summed E-state index contributed by atoms with van der Waals surface area (Å²) in [4.78, 5) is 12.2. The van der Waals surface area contributed by atoms with Gasteiger partial charge in [0.2, 0.25) is 0 Å². The van der Waals surface area contributed by atoms with Crippen LogP contribution in [0.15, 0.2) is 6.07 Å². The first-order chi connectivity index (χ1) is 8.60. The maximum atomic E-state index is 12.2. The van der Waals surface area contributed by atoms with Crippen LogP contribution in [0.2, 0.25) is 0 Å². The molecule has 0 saturated heterocycles. The van der Waals surface area contributed by atoms with Gasteiger partial charge in [-0.05, 0) is 45.6 Å². The van der Waals surface area contributed by atoms with Crippen LogP contribution < -0.4 is 5.32 Å². The molecule has 0 spiro atoms. The molecule has 1 amide bonds. The highest BCUT2D eigenvalue weighted by Crippen LogP contribution is 2.23. The van der Waals surface area contributed by atoms with Crippen molar-refractivity contribution in [2.45, 2.75) is 57.5 Å². The van der Waals surface area contributed by atoms with Gasteiger partial charge in [0.25, 0.3) is 5.91 Å². The molecule has 5 heteroatoms. The molecule has 0 aromatic carbocycles. The number of nitrogens with zero attached hydrogens (tertiary/aromatic N) is 2. The lowest BCUT2D eigenvalue weighted by molar-refractivity contribution is 0.0917. The zero-order valence-electron chi connectivity index (χ0n) is 10.9. The molecule has 1 heterocycles. The van der Waals surface area contributed by atoms with Gasteiger partial charge in [-0.25, -0.2) is 0 Å². The largest absolute Gasteiger partial charge is 0.348 e. The van der Waals surface area contributed by atoms with E-state index in [0.717, 1.165) is 31.4 Å². The maximum absolute atomic E-state index is 12.2. The predicted octanol–water partition coefficient (Wildman–Crippen LogP) is 2.49. The molecule has 4 nitrogen and oxygen atoms in total. The van der Waals surface area contributed by atoms with E-state index in [-0.39, 0.29) is 17.3 Å². The molecule has 1 saturated carbocycles. The third-order valence-corrected chi connectivity index (χ3v) is 3.86. The number of carbonyl (C=O) groups is 1. The quantitative estimate of drug-likeness (QED) is 0.857. The van der Waals surface area contributed by atoms with Crippen molar-refractivity contribution in [2.75, 3.05) is 0 Å². The highest BCUT2D eigenvalue weighted by atomic mass is 35.5. The molecule has 0 bridgehead atoms. The number of hydrogen-bond donors (Lipinski definition) is 1. The van der Waals surface area contributed by atoms with Crippen molar-refractivity contribution in [2.24, 2.45) is 0 Å². The molecular weight excluding hydrogens is 250 g/mol. The van der Waals surface area contributed by atoms with Gasteiger partial charge in [-0.3, -0.25) is 9.48 Å². The standard InChI is InChI=1S/C13H20ClN3O/c1-3-17-12(8-9(2)16-17)13(18)15-11-6-4-10(14)5-7-11/h8,10-11H,3-7H2,1-2H3,(H,15,18). The molecule has 0 unspecified atom stereocenters. The van der Waals surface area contributed by atoms with Crippen molar-refractivity contribution >= 4 is 17.5 Å². The van der Waals surface area contributed by atoms with Crippen LogP contribution in [0.4, 0.5) is 0 Å². The van der Waals surface area contributed by atoms with E-state index in [1.807, 2.05) is 19.9 Å². The van der Waals surface area contributed by atoms with Gasteiger partial charge < -0.3 is 5.32 Å². The minimum Gasteiger partial charge on any atom is -0.348 e. The summed E-state index contributed by atoms with van der Waals surface area (Å²) < 4.78 is 1.75. The van der Waals surface area contributed by atoms with Gasteiger partial charge in [0.05, 0.1) is 5.69 Å². The second-order valence-corrected chi connectivity index (χ2v) is 5.53. The molecule has 0 aliphatic heterocycles. The second kappa shape index (κ2) is 5.74. The third-order valence-electron chi connectivity index (χ3n) is 3.43. The molecule has 1 aromatic heterocycles. The summed E-state index contributed by atoms with van der Waals surface area (Å²) in [6, 6.07) is 2.10. The minimum atomic E-state index is -0.0181. The SMILES string of the molecule is CCn1nc(C)cc1C(=O)NC1CCC(Cl)CC1. The van der Waals surface area contributed by atoms with E-state index in [9.17, 15) is 4.79 Å². The Bertz CT molecular complexity index is 422. The maximum Gasteiger partial charge on any atom is 0.269 e. The molecule has 18 heavy (non-hydrogen) atoms. The van der Waals surface area contributed by atoms with Crippen LogP contribution in [0.25, 0.3) is 0 Å². The van der Waals surface area contributed by atoms with Crippen molar-refractivity contribution < 1.29 is 4.79 Å². The average molecular weight is 270 g/mol. The molecule has 0 radical (unpaired) electrons. The summed E-state index contributed by atoms with van der Waals surface area (Å²) in [5.74, 6) is -0.0181. The number of nitrogens with one attached hydrogen (secondary N) is 1. The molecule has 1 N–H and O–H groups in total. The fourth-order valence-corrected chi connectivity index (χ4v) is 2.68. The topological polar surface area (TPSA) is 46.9 Å². The molecule has 2 rings (SSSR count). The van der Waals surface area contributed by atoms with E-state index >= 15 is 0 Å². The summed E-state index contributed by atoms with van der Waals surface area (Å²) in [5.41, 5.74) is 1.54. The fraction of sp³-hybridized carbons (Fsp3) is 0.692. The zero-order valence-corrected chi connectivity index (χ0v) is 11.7. The Morgan fingerprint density at radius 1 is 1.50 bits per heavy atom. The average Bonchev–Trinajstić information content (AvgIpc) is 2.73. The first-order valence-electron chi connectivity index (χ1n) is 6.59. The van der Waals surface area contributed by atoms with Crippen LogP contribution in [-0.4, -0.2) is 27.1 Å². The summed E-state index contributed by atoms with van der Waals surface area (Å²) in [7, 11) is 0. The number of hydrogen-bond acceptors (Lipinski definition) is 2. The van der Waals surface area contributed by atoms with Crippen LogP contribution in [0, 0.1) is 6.92 Å². The molecule has 1 aromatic rings. The number of amides is 1. The van der Waals surface area contributed by atoms with Gasteiger partial charge in [-0.1, -0.05) is 0 Å². The Labute approximate surface area is 113 Å². The van der Waals surface area contributed by atoms with Crippen molar-refractivity contribution in [1.82, 2.24) is 15.1 Å². The van der Waals surface area contributed by atoms with E-state index in [1.165, 1.54) is 0 Å². The van der Waals surface area contributed by atoms with Crippen LogP contribution in [0.5, 0.6) is 0 Å². The van der Waals surface area contributed by atoms with Gasteiger partial charge in [0.1, 0.15) is 5.69 Å². The second-order valence-electron chi connectivity index (χ2n) is 4.91. The Morgan fingerprint density at radius 2 is 2.17 bits per heavy atom. The number of aromatic nitrogens is 2. The fourth-order valence-electron chi connectivity index (χ4n) is 2.43. The third kappa shape index (κ3) is 3.05. The predicted molar refractivity (Wildman–Crippen MR) is 72.0 cm³/mol. The highest BCUT2D eigenvalue weighted by Gasteiger charge is 2.22. The van der Waals surface area contributed by atoms with E-state index in [4.69, 9.17) is 11.6 Å². The number of rotatable bonds is 3. The lowest BCUT2D eigenvalue weighted by Crippen LogP contribution is -2.38. The van der Waals surface area contributed by atoms with E-state index in [2.05, 4.69) is 10.4 Å². The monoisotopic (exact) mass is 269 g/mol. The molecule has 1 aliphatic rings.